The first-order valence-corrected chi connectivity index (χ1v) is 5.56. The fourth-order valence-corrected chi connectivity index (χ4v) is 2.07. The first-order valence-electron chi connectivity index (χ1n) is 5.56. The molecule has 1 unspecified atom stereocenters. The number of hydrogen-bond donors (Lipinski definition) is 1. The van der Waals surface area contributed by atoms with Gasteiger partial charge in [0, 0.05) is 18.8 Å². The van der Waals surface area contributed by atoms with Crippen LogP contribution in [-0.4, -0.2) is 18.6 Å². The van der Waals surface area contributed by atoms with Crippen molar-refractivity contribution in [2.75, 3.05) is 18.0 Å². The van der Waals surface area contributed by atoms with Crippen LogP contribution >= 0.6 is 0 Å². The molecule has 1 aliphatic rings. The van der Waals surface area contributed by atoms with Crippen molar-refractivity contribution in [2.45, 2.75) is 25.8 Å². The molecule has 1 heterocycles. The zero-order valence-corrected chi connectivity index (χ0v) is 9.83. The van der Waals surface area contributed by atoms with Gasteiger partial charge in [-0.15, -0.1) is 0 Å². The highest BCUT2D eigenvalue weighted by Crippen LogP contribution is 2.26. The molecule has 3 heteroatoms. The van der Waals surface area contributed by atoms with E-state index in [0.717, 1.165) is 13.0 Å². The van der Waals surface area contributed by atoms with Gasteiger partial charge in [-0.3, -0.25) is 0 Å². The van der Waals surface area contributed by atoms with E-state index in [1.807, 2.05) is 0 Å². The van der Waals surface area contributed by atoms with Gasteiger partial charge in [-0.2, -0.15) is 5.26 Å². The Morgan fingerprint density at radius 1 is 1.38 bits per heavy atom. The monoisotopic (exact) mass is 215 g/mol. The number of anilines is 1. The highest BCUT2D eigenvalue weighted by atomic mass is 15.2. The van der Waals surface area contributed by atoms with Gasteiger partial charge in [0.15, 0.2) is 0 Å². The van der Waals surface area contributed by atoms with E-state index in [1.54, 1.807) is 0 Å². The van der Waals surface area contributed by atoms with E-state index in [2.05, 4.69) is 43.0 Å². The molecule has 3 nitrogen and oxygen atoms in total. The van der Waals surface area contributed by atoms with Crippen LogP contribution in [0, 0.1) is 25.2 Å². The summed E-state index contributed by atoms with van der Waals surface area (Å²) in [7, 11) is 0. The average molecular weight is 215 g/mol. The molecule has 2 N–H and O–H groups in total. The molecule has 2 rings (SSSR count). The molecule has 0 bridgehead atoms. The second-order valence-electron chi connectivity index (χ2n) is 4.71. The van der Waals surface area contributed by atoms with Gasteiger partial charge in [-0.25, -0.2) is 0 Å². The lowest BCUT2D eigenvalue weighted by Gasteiger charge is -2.20. The minimum absolute atomic E-state index is 0.631. The summed E-state index contributed by atoms with van der Waals surface area (Å²) < 4.78 is 0. The van der Waals surface area contributed by atoms with Gasteiger partial charge in [0.2, 0.25) is 0 Å². The molecule has 0 saturated carbocycles. The highest BCUT2D eigenvalue weighted by Gasteiger charge is 2.34. The minimum Gasteiger partial charge on any atom is -0.368 e. The molecule has 0 aromatic heterocycles. The van der Waals surface area contributed by atoms with E-state index in [0.29, 0.717) is 6.54 Å². The first kappa shape index (κ1) is 11.0. The number of nitrogens with two attached hydrogens (primary N) is 1. The molecule has 1 fully saturated rings. The Labute approximate surface area is 96.5 Å². The van der Waals surface area contributed by atoms with Gasteiger partial charge >= 0.3 is 0 Å². The van der Waals surface area contributed by atoms with Crippen molar-refractivity contribution in [3.63, 3.8) is 0 Å². The molecule has 0 radical (unpaired) electrons. The Balaban J connectivity index is 2.22. The summed E-state index contributed by atoms with van der Waals surface area (Å²) in [4.78, 5) is 2.19. The highest BCUT2D eigenvalue weighted by molar-refractivity contribution is 5.52. The topological polar surface area (TPSA) is 53.0 Å². The Kier molecular flexibility index (Phi) is 2.61. The Morgan fingerprint density at radius 3 is 2.69 bits per heavy atom. The van der Waals surface area contributed by atoms with Crippen molar-refractivity contribution >= 4 is 5.69 Å². The van der Waals surface area contributed by atoms with Gasteiger partial charge in [0.25, 0.3) is 0 Å². The number of nitrogens with zero attached hydrogens (tertiary/aromatic N) is 2. The predicted octanol–water partition coefficient (Wildman–Crippen LogP) is 1.73. The summed E-state index contributed by atoms with van der Waals surface area (Å²) in [5.41, 5.74) is 9.03. The van der Waals surface area contributed by atoms with Crippen LogP contribution in [0.1, 0.15) is 17.5 Å². The summed E-state index contributed by atoms with van der Waals surface area (Å²) in [6.07, 6.45) is 0.746. The lowest BCUT2D eigenvalue weighted by atomic mass is 10.0. The van der Waals surface area contributed by atoms with Crippen molar-refractivity contribution in [3.8, 4) is 6.07 Å². The lowest BCUT2D eigenvalue weighted by Crippen LogP contribution is -2.41. The molecule has 0 spiro atoms. The van der Waals surface area contributed by atoms with Crippen LogP contribution in [0.25, 0.3) is 0 Å². The SMILES string of the molecule is Cc1ccc(N2CCC(N)(C#N)C2)cc1C. The van der Waals surface area contributed by atoms with Crippen LogP contribution in [0.2, 0.25) is 0 Å². The maximum atomic E-state index is 8.99. The minimum atomic E-state index is -0.668. The molecule has 1 atom stereocenters. The van der Waals surface area contributed by atoms with Crippen LogP contribution in [0.3, 0.4) is 0 Å². The molecule has 16 heavy (non-hydrogen) atoms. The molecule has 1 saturated heterocycles. The van der Waals surface area contributed by atoms with Crippen LogP contribution in [0.4, 0.5) is 5.69 Å². The third-order valence-corrected chi connectivity index (χ3v) is 3.38. The molecular weight excluding hydrogens is 198 g/mol. The van der Waals surface area contributed by atoms with Crippen molar-refractivity contribution in [2.24, 2.45) is 5.73 Å². The van der Waals surface area contributed by atoms with Gasteiger partial charge in [0.1, 0.15) is 5.54 Å². The third-order valence-electron chi connectivity index (χ3n) is 3.38. The Hall–Kier alpha value is -1.53. The van der Waals surface area contributed by atoms with E-state index in [-0.39, 0.29) is 0 Å². The van der Waals surface area contributed by atoms with Gasteiger partial charge < -0.3 is 10.6 Å². The first-order chi connectivity index (χ1) is 7.54. The molecule has 84 valence electrons. The quantitative estimate of drug-likeness (QED) is 0.776. The number of rotatable bonds is 1. The number of hydrogen-bond acceptors (Lipinski definition) is 3. The summed E-state index contributed by atoms with van der Waals surface area (Å²) in [6.45, 7) is 5.71. The van der Waals surface area contributed by atoms with Crippen molar-refractivity contribution < 1.29 is 0 Å². The zero-order valence-electron chi connectivity index (χ0n) is 9.83. The van der Waals surface area contributed by atoms with Gasteiger partial charge in [-0.1, -0.05) is 6.07 Å². The second kappa shape index (κ2) is 3.80. The van der Waals surface area contributed by atoms with Crippen LogP contribution in [0.15, 0.2) is 18.2 Å². The zero-order chi connectivity index (χ0) is 11.8. The summed E-state index contributed by atoms with van der Waals surface area (Å²) in [5.74, 6) is 0. The average Bonchev–Trinajstić information content (AvgIpc) is 2.66. The third kappa shape index (κ3) is 1.89. The van der Waals surface area contributed by atoms with Crippen molar-refractivity contribution in [1.82, 2.24) is 0 Å². The molecule has 0 aliphatic carbocycles. The number of nitriles is 1. The molecule has 1 aliphatic heterocycles. The fraction of sp³-hybridized carbons (Fsp3) is 0.462. The van der Waals surface area contributed by atoms with E-state index in [4.69, 9.17) is 11.0 Å². The summed E-state index contributed by atoms with van der Waals surface area (Å²) in [6, 6.07) is 8.59. The fourth-order valence-electron chi connectivity index (χ4n) is 2.07. The van der Waals surface area contributed by atoms with E-state index < -0.39 is 5.54 Å². The van der Waals surface area contributed by atoms with Crippen LogP contribution < -0.4 is 10.6 Å². The Morgan fingerprint density at radius 2 is 2.12 bits per heavy atom. The van der Waals surface area contributed by atoms with Crippen LogP contribution in [-0.2, 0) is 0 Å². The largest absolute Gasteiger partial charge is 0.368 e. The summed E-state index contributed by atoms with van der Waals surface area (Å²) >= 11 is 0. The second-order valence-corrected chi connectivity index (χ2v) is 4.71. The molecule has 1 aromatic carbocycles. The lowest BCUT2D eigenvalue weighted by molar-refractivity contribution is 0.606. The van der Waals surface area contributed by atoms with Gasteiger partial charge in [0.05, 0.1) is 6.07 Å². The van der Waals surface area contributed by atoms with Crippen LogP contribution in [0.5, 0.6) is 0 Å². The maximum Gasteiger partial charge on any atom is 0.123 e. The Bertz CT molecular complexity index is 447. The van der Waals surface area contributed by atoms with Crippen molar-refractivity contribution in [1.29, 1.82) is 5.26 Å². The predicted molar refractivity (Wildman–Crippen MR) is 65.3 cm³/mol. The summed E-state index contributed by atoms with van der Waals surface area (Å²) in [5, 5.41) is 8.99. The molecular formula is C13H17N3. The number of aryl methyl sites for hydroxylation is 2. The smallest absolute Gasteiger partial charge is 0.123 e. The molecule has 0 amide bonds. The maximum absolute atomic E-state index is 8.99. The van der Waals surface area contributed by atoms with Crippen molar-refractivity contribution in [3.05, 3.63) is 29.3 Å². The normalized spacial score (nSPS) is 24.5. The standard InChI is InChI=1S/C13H17N3/c1-10-3-4-12(7-11(10)2)16-6-5-13(15,8-14)9-16/h3-4,7H,5-6,9,15H2,1-2H3. The van der Waals surface area contributed by atoms with Gasteiger partial charge in [-0.05, 0) is 43.5 Å². The van der Waals surface area contributed by atoms with E-state index in [9.17, 15) is 0 Å². The van der Waals surface area contributed by atoms with E-state index >= 15 is 0 Å². The van der Waals surface area contributed by atoms with E-state index in [1.165, 1.54) is 16.8 Å². The number of benzene rings is 1. The molecule has 1 aromatic rings.